The van der Waals surface area contributed by atoms with Crippen molar-refractivity contribution in [1.29, 1.82) is 0 Å². The van der Waals surface area contributed by atoms with Crippen molar-refractivity contribution in [2.75, 3.05) is 11.6 Å². The molecular formula is C14H18N2OS. The molecule has 2 aromatic heterocycles. The lowest BCUT2D eigenvalue weighted by Gasteiger charge is -2.07. The molecule has 96 valence electrons. The van der Waals surface area contributed by atoms with E-state index in [-0.39, 0.29) is 0 Å². The van der Waals surface area contributed by atoms with E-state index in [1.54, 1.807) is 11.8 Å². The Labute approximate surface area is 112 Å². The van der Waals surface area contributed by atoms with Gasteiger partial charge in [0, 0.05) is 5.69 Å². The molecule has 0 aliphatic rings. The molecule has 2 heterocycles. The summed E-state index contributed by atoms with van der Waals surface area (Å²) in [7, 11) is 0. The lowest BCUT2D eigenvalue weighted by molar-refractivity contribution is 0.487. The summed E-state index contributed by atoms with van der Waals surface area (Å²) in [5.41, 5.74) is 3.12. The zero-order valence-corrected chi connectivity index (χ0v) is 11.8. The predicted octanol–water partition coefficient (Wildman–Crippen LogP) is 3.77. The fraction of sp³-hybridized carbons (Fsp3) is 0.357. The van der Waals surface area contributed by atoms with E-state index in [1.165, 1.54) is 0 Å². The van der Waals surface area contributed by atoms with Crippen LogP contribution >= 0.6 is 11.8 Å². The molecule has 0 atom stereocenters. The van der Waals surface area contributed by atoms with Gasteiger partial charge in [-0.3, -0.25) is 4.98 Å². The Morgan fingerprint density at radius 3 is 2.67 bits per heavy atom. The van der Waals surface area contributed by atoms with Crippen molar-refractivity contribution in [2.45, 2.75) is 26.1 Å². The fourth-order valence-electron chi connectivity index (χ4n) is 1.79. The molecule has 2 aromatic rings. The zero-order valence-electron chi connectivity index (χ0n) is 11.0. The van der Waals surface area contributed by atoms with E-state index in [4.69, 9.17) is 4.42 Å². The van der Waals surface area contributed by atoms with Crippen molar-refractivity contribution in [1.82, 2.24) is 4.98 Å². The smallest absolute Gasteiger partial charge is 0.123 e. The molecule has 3 nitrogen and oxygen atoms in total. The fourth-order valence-corrected chi connectivity index (χ4v) is 2.23. The number of rotatable bonds is 5. The van der Waals surface area contributed by atoms with Gasteiger partial charge >= 0.3 is 0 Å². The first-order valence-corrected chi connectivity index (χ1v) is 7.33. The van der Waals surface area contributed by atoms with Crippen LogP contribution in [0.2, 0.25) is 0 Å². The van der Waals surface area contributed by atoms with Crippen LogP contribution in [0.3, 0.4) is 0 Å². The van der Waals surface area contributed by atoms with Crippen LogP contribution in [0, 0.1) is 13.8 Å². The average molecular weight is 262 g/mol. The number of thioether (sulfide) groups is 1. The average Bonchev–Trinajstić information content (AvgIpc) is 2.76. The number of anilines is 1. The molecule has 1 N–H and O–H groups in total. The Morgan fingerprint density at radius 2 is 1.94 bits per heavy atom. The van der Waals surface area contributed by atoms with Crippen molar-refractivity contribution in [3.05, 3.63) is 47.2 Å². The Bertz CT molecular complexity index is 522. The standard InChI is InChI=1S/C14H18N2OS/c1-10-4-7-14(11(2)16-10)15-8-12-5-6-13(17-12)9-18-3/h4-7,15H,8-9H2,1-3H3. The molecule has 0 bridgehead atoms. The van der Waals surface area contributed by atoms with Crippen LogP contribution in [0.1, 0.15) is 22.9 Å². The number of nitrogens with zero attached hydrogens (tertiary/aromatic N) is 1. The number of furan rings is 1. The van der Waals surface area contributed by atoms with Crippen LogP contribution in [0.4, 0.5) is 5.69 Å². The summed E-state index contributed by atoms with van der Waals surface area (Å²) < 4.78 is 5.71. The van der Waals surface area contributed by atoms with E-state index in [9.17, 15) is 0 Å². The number of hydrogen-bond acceptors (Lipinski definition) is 4. The lowest BCUT2D eigenvalue weighted by atomic mass is 10.2. The highest BCUT2D eigenvalue weighted by atomic mass is 32.2. The summed E-state index contributed by atoms with van der Waals surface area (Å²) in [5, 5.41) is 3.35. The largest absolute Gasteiger partial charge is 0.463 e. The zero-order chi connectivity index (χ0) is 13.0. The molecule has 0 amide bonds. The van der Waals surface area contributed by atoms with Crippen LogP contribution in [0.25, 0.3) is 0 Å². The molecule has 0 aliphatic heterocycles. The van der Waals surface area contributed by atoms with Crippen LogP contribution < -0.4 is 5.32 Å². The molecule has 4 heteroatoms. The summed E-state index contributed by atoms with van der Waals surface area (Å²) in [4.78, 5) is 4.42. The minimum absolute atomic E-state index is 0.694. The molecule has 0 saturated heterocycles. The number of nitrogens with one attached hydrogen (secondary N) is 1. The van der Waals surface area contributed by atoms with Crippen molar-refractivity contribution < 1.29 is 4.42 Å². The van der Waals surface area contributed by atoms with Crippen molar-refractivity contribution in [3.8, 4) is 0 Å². The van der Waals surface area contributed by atoms with E-state index in [1.807, 2.05) is 32.0 Å². The highest BCUT2D eigenvalue weighted by molar-refractivity contribution is 7.97. The minimum Gasteiger partial charge on any atom is -0.463 e. The van der Waals surface area contributed by atoms with Gasteiger partial charge in [0.25, 0.3) is 0 Å². The van der Waals surface area contributed by atoms with Gasteiger partial charge in [0.2, 0.25) is 0 Å². The summed E-state index contributed by atoms with van der Waals surface area (Å²) in [6, 6.07) is 8.13. The number of hydrogen-bond donors (Lipinski definition) is 1. The first kappa shape index (κ1) is 13.0. The van der Waals surface area contributed by atoms with E-state index in [0.717, 1.165) is 34.3 Å². The first-order valence-electron chi connectivity index (χ1n) is 5.93. The second-order valence-corrected chi connectivity index (χ2v) is 5.11. The van der Waals surface area contributed by atoms with Gasteiger partial charge < -0.3 is 9.73 Å². The first-order chi connectivity index (χ1) is 8.69. The van der Waals surface area contributed by atoms with Gasteiger partial charge in [-0.2, -0.15) is 11.8 Å². The quantitative estimate of drug-likeness (QED) is 0.890. The van der Waals surface area contributed by atoms with Gasteiger partial charge in [-0.1, -0.05) is 0 Å². The molecule has 2 rings (SSSR count). The number of pyridine rings is 1. The maximum atomic E-state index is 5.71. The van der Waals surface area contributed by atoms with Gasteiger partial charge in [-0.05, 0) is 44.4 Å². The van der Waals surface area contributed by atoms with Gasteiger partial charge in [-0.15, -0.1) is 0 Å². The van der Waals surface area contributed by atoms with Gasteiger partial charge in [0.05, 0.1) is 23.7 Å². The van der Waals surface area contributed by atoms with E-state index >= 15 is 0 Å². The van der Waals surface area contributed by atoms with Gasteiger partial charge in [-0.25, -0.2) is 0 Å². The monoisotopic (exact) mass is 262 g/mol. The van der Waals surface area contributed by atoms with Crippen molar-refractivity contribution in [2.24, 2.45) is 0 Å². The summed E-state index contributed by atoms with van der Waals surface area (Å²) in [6.07, 6.45) is 2.07. The Morgan fingerprint density at radius 1 is 1.17 bits per heavy atom. The second kappa shape index (κ2) is 5.96. The Kier molecular flexibility index (Phi) is 4.31. The highest BCUT2D eigenvalue weighted by Crippen LogP contribution is 2.17. The normalized spacial score (nSPS) is 10.6. The Hall–Kier alpha value is -1.42. The van der Waals surface area contributed by atoms with E-state index in [0.29, 0.717) is 6.54 Å². The number of aryl methyl sites for hydroxylation is 2. The van der Waals surface area contributed by atoms with Crippen LogP contribution in [0.15, 0.2) is 28.7 Å². The third kappa shape index (κ3) is 3.29. The highest BCUT2D eigenvalue weighted by Gasteiger charge is 2.03. The third-order valence-corrected chi connectivity index (χ3v) is 3.26. The van der Waals surface area contributed by atoms with Gasteiger partial charge in [0.15, 0.2) is 0 Å². The summed E-state index contributed by atoms with van der Waals surface area (Å²) in [5.74, 6) is 2.91. The molecule has 0 spiro atoms. The third-order valence-electron chi connectivity index (χ3n) is 2.68. The van der Waals surface area contributed by atoms with Crippen LogP contribution in [-0.4, -0.2) is 11.2 Å². The molecule has 0 fully saturated rings. The number of aromatic nitrogens is 1. The van der Waals surface area contributed by atoms with Crippen LogP contribution in [0.5, 0.6) is 0 Å². The van der Waals surface area contributed by atoms with E-state index in [2.05, 4.69) is 22.6 Å². The van der Waals surface area contributed by atoms with Crippen molar-refractivity contribution >= 4 is 17.4 Å². The SMILES string of the molecule is CSCc1ccc(CNc2ccc(C)nc2C)o1. The second-order valence-electron chi connectivity index (χ2n) is 4.24. The lowest BCUT2D eigenvalue weighted by Crippen LogP contribution is -2.01. The maximum Gasteiger partial charge on any atom is 0.123 e. The molecular weight excluding hydrogens is 244 g/mol. The summed E-state index contributed by atoms with van der Waals surface area (Å²) >= 11 is 1.76. The molecule has 0 aromatic carbocycles. The minimum atomic E-state index is 0.694. The van der Waals surface area contributed by atoms with Crippen molar-refractivity contribution in [3.63, 3.8) is 0 Å². The molecule has 18 heavy (non-hydrogen) atoms. The van der Waals surface area contributed by atoms with Gasteiger partial charge in [0.1, 0.15) is 11.5 Å². The van der Waals surface area contributed by atoms with Crippen LogP contribution in [-0.2, 0) is 12.3 Å². The Balaban J connectivity index is 1.97. The molecule has 0 saturated carbocycles. The summed E-state index contributed by atoms with van der Waals surface area (Å²) in [6.45, 7) is 4.70. The maximum absolute atomic E-state index is 5.71. The molecule has 0 unspecified atom stereocenters. The topological polar surface area (TPSA) is 38.1 Å². The molecule has 0 aliphatic carbocycles. The van der Waals surface area contributed by atoms with E-state index < -0.39 is 0 Å². The molecule has 0 radical (unpaired) electrons. The predicted molar refractivity (Wildman–Crippen MR) is 77.0 cm³/mol.